The normalized spacial score (nSPS) is 17.7. The predicted octanol–water partition coefficient (Wildman–Crippen LogP) is 3.50. The van der Waals surface area contributed by atoms with Gasteiger partial charge < -0.3 is 29.6 Å². The minimum atomic E-state index is -0.268. The van der Waals surface area contributed by atoms with E-state index in [0.29, 0.717) is 16.5 Å². The van der Waals surface area contributed by atoms with E-state index in [1.54, 1.807) is 13.3 Å². The molecule has 2 atom stereocenters. The highest BCUT2D eigenvalue weighted by atomic mass is 32.1. The lowest BCUT2D eigenvalue weighted by Crippen LogP contribution is -2.30. The number of methoxy groups -OCH3 is 2. The maximum atomic E-state index is 12.2. The van der Waals surface area contributed by atoms with Crippen molar-refractivity contribution in [1.29, 1.82) is 0 Å². The summed E-state index contributed by atoms with van der Waals surface area (Å²) in [5.74, 6) is 0.282. The van der Waals surface area contributed by atoms with Crippen LogP contribution in [-0.2, 0) is 16.6 Å². The van der Waals surface area contributed by atoms with Crippen LogP contribution in [0.25, 0.3) is 0 Å². The van der Waals surface area contributed by atoms with Crippen LogP contribution in [0.5, 0.6) is 5.75 Å². The van der Waals surface area contributed by atoms with Crippen molar-refractivity contribution in [1.82, 2.24) is 14.9 Å². The maximum absolute atomic E-state index is 12.2. The Hall–Kier alpha value is -3.43. The molecular weight excluding hydrogens is 438 g/mol. The molecule has 2 aromatic heterocycles. The summed E-state index contributed by atoms with van der Waals surface area (Å²) in [6.45, 7) is 2.02. The number of pyridine rings is 1. The lowest BCUT2D eigenvalue weighted by Gasteiger charge is -2.29. The van der Waals surface area contributed by atoms with E-state index in [4.69, 9.17) is 21.7 Å². The Balaban J connectivity index is 1.80. The third-order valence-electron chi connectivity index (χ3n) is 5.82. The van der Waals surface area contributed by atoms with E-state index in [1.807, 2.05) is 43.4 Å². The minimum Gasteiger partial charge on any atom is -0.495 e. The summed E-state index contributed by atoms with van der Waals surface area (Å²) < 4.78 is 12.6. The number of benzene rings is 1. The molecule has 0 saturated carbocycles. The average Bonchev–Trinajstić information content (AvgIpc) is 3.33. The lowest BCUT2D eigenvalue weighted by molar-refractivity contribution is -0.119. The third-order valence-corrected chi connectivity index (χ3v) is 6.14. The fraction of sp³-hybridized carbons (Fsp3) is 0.292. The van der Waals surface area contributed by atoms with Crippen molar-refractivity contribution in [3.8, 4) is 5.75 Å². The Morgan fingerprint density at radius 1 is 1.21 bits per heavy atom. The van der Waals surface area contributed by atoms with Gasteiger partial charge >= 0.3 is 0 Å². The first-order valence-corrected chi connectivity index (χ1v) is 10.9. The molecule has 1 aliphatic heterocycles. The second-order valence-corrected chi connectivity index (χ2v) is 8.21. The van der Waals surface area contributed by atoms with Gasteiger partial charge in [-0.15, -0.1) is 0 Å². The number of carbonyl (C=O) groups is 1. The smallest absolute Gasteiger partial charge is 0.250 e. The first-order chi connectivity index (χ1) is 15.9. The Morgan fingerprint density at radius 2 is 2.03 bits per heavy atom. The van der Waals surface area contributed by atoms with Gasteiger partial charge in [-0.2, -0.15) is 0 Å². The van der Waals surface area contributed by atoms with Crippen LogP contribution < -0.4 is 20.3 Å². The summed E-state index contributed by atoms with van der Waals surface area (Å²) in [7, 11) is 5.09. The zero-order valence-corrected chi connectivity index (χ0v) is 19.8. The summed E-state index contributed by atoms with van der Waals surface area (Å²) in [5.41, 5.74) is 4.50. The number of rotatable bonds is 7. The van der Waals surface area contributed by atoms with Crippen molar-refractivity contribution in [3.05, 3.63) is 71.8 Å². The molecule has 0 aliphatic carbocycles. The number of nitrogens with one attached hydrogen (secondary N) is 2. The van der Waals surface area contributed by atoms with E-state index in [-0.39, 0.29) is 24.6 Å². The van der Waals surface area contributed by atoms with Crippen molar-refractivity contribution in [2.45, 2.75) is 19.0 Å². The topological polar surface area (TPSA) is 80.7 Å². The van der Waals surface area contributed by atoms with Crippen molar-refractivity contribution in [3.63, 3.8) is 0 Å². The van der Waals surface area contributed by atoms with Gasteiger partial charge in [0, 0.05) is 37.4 Å². The van der Waals surface area contributed by atoms with E-state index in [1.165, 1.54) is 7.11 Å². The Kier molecular flexibility index (Phi) is 6.62. The zero-order valence-electron chi connectivity index (χ0n) is 19.0. The molecule has 172 valence electrons. The zero-order chi connectivity index (χ0) is 23.5. The molecule has 1 aliphatic rings. The van der Waals surface area contributed by atoms with Crippen LogP contribution in [0, 0.1) is 6.92 Å². The molecule has 8 nitrogen and oxygen atoms in total. The quantitative estimate of drug-likeness (QED) is 0.517. The van der Waals surface area contributed by atoms with E-state index < -0.39 is 0 Å². The molecule has 33 heavy (non-hydrogen) atoms. The molecule has 9 heteroatoms. The minimum absolute atomic E-state index is 0.0515. The van der Waals surface area contributed by atoms with Crippen LogP contribution in [0.15, 0.2) is 54.7 Å². The van der Waals surface area contributed by atoms with Gasteiger partial charge in [0.1, 0.15) is 18.4 Å². The predicted molar refractivity (Wildman–Crippen MR) is 132 cm³/mol. The van der Waals surface area contributed by atoms with Crippen LogP contribution in [0.2, 0.25) is 0 Å². The fourth-order valence-electron chi connectivity index (χ4n) is 4.12. The number of amides is 1. The van der Waals surface area contributed by atoms with E-state index >= 15 is 0 Å². The highest BCUT2D eigenvalue weighted by Crippen LogP contribution is 2.43. The van der Waals surface area contributed by atoms with Crippen molar-refractivity contribution in [2.75, 3.05) is 31.0 Å². The summed E-state index contributed by atoms with van der Waals surface area (Å²) in [5, 5.41) is 6.89. The molecule has 0 radical (unpaired) electrons. The number of hydrogen-bond donors (Lipinski definition) is 2. The highest BCUT2D eigenvalue weighted by molar-refractivity contribution is 7.80. The van der Waals surface area contributed by atoms with E-state index in [9.17, 15) is 4.79 Å². The standard InChI is InChI=1S/C24H27N5O3S/c1-15-8-10-19(28(15)2)23-22(17-7-5-6-12-25-17)27-24(33)29(23)16-9-11-20(32-4)18(13-16)26-21(30)14-31-3/h5-13,22-23H,14H2,1-4H3,(H,26,30)(H,27,33)/t22-,23-/m0/s1. The van der Waals surface area contributed by atoms with E-state index in [0.717, 1.165) is 22.8 Å². The Labute approximate surface area is 198 Å². The fourth-order valence-corrected chi connectivity index (χ4v) is 4.47. The molecule has 3 heterocycles. The number of nitrogens with zero attached hydrogens (tertiary/aromatic N) is 3. The average molecular weight is 466 g/mol. The number of thiocarbonyl (C=S) groups is 1. The monoisotopic (exact) mass is 465 g/mol. The first-order valence-electron chi connectivity index (χ1n) is 10.5. The van der Waals surface area contributed by atoms with Gasteiger partial charge in [-0.1, -0.05) is 6.07 Å². The van der Waals surface area contributed by atoms with E-state index in [2.05, 4.69) is 44.1 Å². The molecule has 1 fully saturated rings. The molecule has 4 rings (SSSR count). The SMILES string of the molecule is COCC(=O)Nc1cc(N2C(=S)N[C@@H](c3ccccn3)[C@@H]2c2ccc(C)n2C)ccc1OC. The molecular formula is C24H27N5O3S. The molecule has 3 aromatic rings. The molecule has 1 amide bonds. The molecule has 0 unspecified atom stereocenters. The third kappa shape index (κ3) is 4.42. The van der Waals surface area contributed by atoms with Gasteiger partial charge in [-0.25, -0.2) is 0 Å². The number of aryl methyl sites for hydroxylation is 1. The number of ether oxygens (including phenoxy) is 2. The van der Waals surface area contributed by atoms with Gasteiger partial charge in [0.15, 0.2) is 5.11 Å². The van der Waals surface area contributed by atoms with Crippen LogP contribution in [0.1, 0.15) is 29.2 Å². The molecule has 1 aromatic carbocycles. The number of carbonyl (C=O) groups excluding carboxylic acids is 1. The number of hydrogen-bond acceptors (Lipinski definition) is 5. The second kappa shape index (κ2) is 9.60. The number of aromatic nitrogens is 2. The highest BCUT2D eigenvalue weighted by Gasteiger charge is 2.42. The maximum Gasteiger partial charge on any atom is 0.250 e. The van der Waals surface area contributed by atoms with Gasteiger partial charge in [0.2, 0.25) is 5.91 Å². The van der Waals surface area contributed by atoms with Crippen molar-refractivity contribution in [2.24, 2.45) is 7.05 Å². The summed E-state index contributed by atoms with van der Waals surface area (Å²) in [4.78, 5) is 18.8. The summed E-state index contributed by atoms with van der Waals surface area (Å²) >= 11 is 5.80. The van der Waals surface area contributed by atoms with Crippen LogP contribution in [-0.4, -0.2) is 41.4 Å². The van der Waals surface area contributed by atoms with Crippen LogP contribution in [0.4, 0.5) is 11.4 Å². The van der Waals surface area contributed by atoms with Gasteiger partial charge in [0.25, 0.3) is 0 Å². The van der Waals surface area contributed by atoms with Crippen LogP contribution >= 0.6 is 12.2 Å². The van der Waals surface area contributed by atoms with Crippen molar-refractivity contribution >= 4 is 34.6 Å². The first kappa shape index (κ1) is 22.8. The second-order valence-electron chi connectivity index (χ2n) is 7.82. The lowest BCUT2D eigenvalue weighted by atomic mass is 10.0. The number of anilines is 2. The summed E-state index contributed by atoms with van der Waals surface area (Å²) in [6, 6.07) is 15.4. The van der Waals surface area contributed by atoms with Gasteiger partial charge in [-0.3, -0.25) is 9.78 Å². The molecule has 1 saturated heterocycles. The molecule has 0 spiro atoms. The van der Waals surface area contributed by atoms with Crippen LogP contribution in [0.3, 0.4) is 0 Å². The Morgan fingerprint density at radius 3 is 2.67 bits per heavy atom. The largest absolute Gasteiger partial charge is 0.495 e. The van der Waals surface area contributed by atoms with Gasteiger partial charge in [-0.05, 0) is 61.6 Å². The molecule has 2 N–H and O–H groups in total. The summed E-state index contributed by atoms with van der Waals surface area (Å²) in [6.07, 6.45) is 1.78. The molecule has 0 bridgehead atoms. The Bertz CT molecular complexity index is 1160. The van der Waals surface area contributed by atoms with Crippen molar-refractivity contribution < 1.29 is 14.3 Å². The van der Waals surface area contributed by atoms with Gasteiger partial charge in [0.05, 0.1) is 24.5 Å².